The Morgan fingerprint density at radius 2 is 1.82 bits per heavy atom. The third-order valence-electron chi connectivity index (χ3n) is 3.04. The highest BCUT2D eigenvalue weighted by Gasteiger charge is 2.15. The van der Waals surface area contributed by atoms with Crippen molar-refractivity contribution in [1.82, 2.24) is 0 Å². The van der Waals surface area contributed by atoms with Crippen LogP contribution in [0.3, 0.4) is 0 Å². The molecule has 0 saturated carbocycles. The van der Waals surface area contributed by atoms with E-state index in [1.807, 2.05) is 30.3 Å². The zero-order valence-corrected chi connectivity index (χ0v) is 10.0. The molecule has 0 bridgehead atoms. The van der Waals surface area contributed by atoms with Gasteiger partial charge in [-0.1, -0.05) is 36.8 Å². The SMILES string of the molecule is OC(CCCCC1OCCO1)c1ccccc1. The van der Waals surface area contributed by atoms with Crippen molar-refractivity contribution in [3.05, 3.63) is 35.9 Å². The van der Waals surface area contributed by atoms with Gasteiger partial charge in [0.15, 0.2) is 6.29 Å². The number of unbranched alkanes of at least 4 members (excludes halogenated alkanes) is 1. The molecule has 1 aliphatic heterocycles. The van der Waals surface area contributed by atoms with Crippen molar-refractivity contribution in [3.63, 3.8) is 0 Å². The van der Waals surface area contributed by atoms with Gasteiger partial charge in [0.25, 0.3) is 0 Å². The Balaban J connectivity index is 1.61. The van der Waals surface area contributed by atoms with Gasteiger partial charge in [-0.3, -0.25) is 0 Å². The van der Waals surface area contributed by atoms with E-state index in [0.29, 0.717) is 0 Å². The molecule has 94 valence electrons. The molecule has 3 nitrogen and oxygen atoms in total. The molecule has 1 aromatic carbocycles. The number of benzene rings is 1. The van der Waals surface area contributed by atoms with Gasteiger partial charge in [0.1, 0.15) is 0 Å². The number of aliphatic hydroxyl groups excluding tert-OH is 1. The van der Waals surface area contributed by atoms with Crippen LogP contribution in [0.4, 0.5) is 0 Å². The number of hydrogen-bond donors (Lipinski definition) is 1. The quantitative estimate of drug-likeness (QED) is 0.772. The van der Waals surface area contributed by atoms with Gasteiger partial charge in [0.05, 0.1) is 19.3 Å². The summed E-state index contributed by atoms with van der Waals surface area (Å²) in [7, 11) is 0. The summed E-state index contributed by atoms with van der Waals surface area (Å²) in [5.74, 6) is 0. The maximum Gasteiger partial charge on any atom is 0.157 e. The third kappa shape index (κ3) is 4.11. The van der Waals surface area contributed by atoms with Crippen LogP contribution in [0, 0.1) is 0 Å². The smallest absolute Gasteiger partial charge is 0.157 e. The van der Waals surface area contributed by atoms with Crippen LogP contribution in [0.25, 0.3) is 0 Å². The molecular weight excluding hydrogens is 216 g/mol. The van der Waals surface area contributed by atoms with Crippen molar-refractivity contribution in [2.45, 2.75) is 38.1 Å². The number of hydrogen-bond acceptors (Lipinski definition) is 3. The fourth-order valence-electron chi connectivity index (χ4n) is 2.06. The molecule has 1 heterocycles. The normalized spacial score (nSPS) is 18.4. The molecule has 0 radical (unpaired) electrons. The summed E-state index contributed by atoms with van der Waals surface area (Å²) in [6.07, 6.45) is 3.41. The predicted octanol–water partition coefficient (Wildman–Crippen LogP) is 2.65. The van der Waals surface area contributed by atoms with E-state index in [1.54, 1.807) is 0 Å². The fourth-order valence-corrected chi connectivity index (χ4v) is 2.06. The van der Waals surface area contributed by atoms with Gasteiger partial charge < -0.3 is 14.6 Å². The first-order valence-electron chi connectivity index (χ1n) is 6.32. The Kier molecular flexibility index (Phi) is 4.98. The van der Waals surface area contributed by atoms with E-state index in [4.69, 9.17) is 9.47 Å². The minimum Gasteiger partial charge on any atom is -0.388 e. The lowest BCUT2D eigenvalue weighted by molar-refractivity contribution is -0.0483. The summed E-state index contributed by atoms with van der Waals surface area (Å²) >= 11 is 0. The lowest BCUT2D eigenvalue weighted by Gasteiger charge is -2.12. The molecule has 1 aromatic rings. The molecule has 0 aliphatic carbocycles. The molecule has 1 saturated heterocycles. The Morgan fingerprint density at radius 3 is 2.53 bits per heavy atom. The van der Waals surface area contributed by atoms with E-state index >= 15 is 0 Å². The number of aliphatic hydroxyl groups is 1. The van der Waals surface area contributed by atoms with Crippen LogP contribution in [-0.2, 0) is 9.47 Å². The molecule has 0 spiro atoms. The molecule has 2 rings (SSSR count). The molecule has 3 heteroatoms. The lowest BCUT2D eigenvalue weighted by Crippen LogP contribution is -2.07. The highest BCUT2D eigenvalue weighted by molar-refractivity contribution is 5.16. The second-order valence-electron chi connectivity index (χ2n) is 4.38. The first kappa shape index (κ1) is 12.6. The topological polar surface area (TPSA) is 38.7 Å². The maximum atomic E-state index is 9.95. The van der Waals surface area contributed by atoms with Gasteiger partial charge in [-0.25, -0.2) is 0 Å². The van der Waals surface area contributed by atoms with Crippen molar-refractivity contribution < 1.29 is 14.6 Å². The van der Waals surface area contributed by atoms with Crippen LogP contribution in [0.15, 0.2) is 30.3 Å². The standard InChI is InChI=1S/C14H20O3/c15-13(12-6-2-1-3-7-12)8-4-5-9-14-16-10-11-17-14/h1-3,6-7,13-15H,4-5,8-11H2. The molecule has 1 unspecified atom stereocenters. The summed E-state index contributed by atoms with van der Waals surface area (Å²) < 4.78 is 10.7. The molecular formula is C14H20O3. The van der Waals surface area contributed by atoms with Gasteiger partial charge in [0, 0.05) is 0 Å². The zero-order valence-electron chi connectivity index (χ0n) is 10.0. The van der Waals surface area contributed by atoms with Gasteiger partial charge in [0.2, 0.25) is 0 Å². The maximum absolute atomic E-state index is 9.95. The van der Waals surface area contributed by atoms with Crippen molar-refractivity contribution in [1.29, 1.82) is 0 Å². The summed E-state index contributed by atoms with van der Waals surface area (Å²) in [5, 5.41) is 9.95. The van der Waals surface area contributed by atoms with Crippen LogP contribution in [0.5, 0.6) is 0 Å². The summed E-state index contributed by atoms with van der Waals surface area (Å²) in [6, 6.07) is 9.81. The van der Waals surface area contributed by atoms with E-state index in [9.17, 15) is 5.11 Å². The second kappa shape index (κ2) is 6.74. The van der Waals surface area contributed by atoms with E-state index in [0.717, 1.165) is 44.5 Å². The minimum absolute atomic E-state index is 0.0103. The van der Waals surface area contributed by atoms with Crippen molar-refractivity contribution >= 4 is 0 Å². The molecule has 1 fully saturated rings. The average molecular weight is 236 g/mol. The molecule has 1 N–H and O–H groups in total. The molecule has 0 amide bonds. The molecule has 17 heavy (non-hydrogen) atoms. The minimum atomic E-state index is -0.346. The summed E-state index contributed by atoms with van der Waals surface area (Å²) in [4.78, 5) is 0. The Labute approximate surface area is 102 Å². The van der Waals surface area contributed by atoms with Crippen molar-refractivity contribution in [3.8, 4) is 0 Å². The van der Waals surface area contributed by atoms with Crippen LogP contribution >= 0.6 is 0 Å². The highest BCUT2D eigenvalue weighted by Crippen LogP contribution is 2.20. The molecule has 1 aliphatic rings. The van der Waals surface area contributed by atoms with Gasteiger partial charge in [-0.2, -0.15) is 0 Å². The molecule has 0 aromatic heterocycles. The van der Waals surface area contributed by atoms with Crippen molar-refractivity contribution in [2.75, 3.05) is 13.2 Å². The van der Waals surface area contributed by atoms with Gasteiger partial charge in [-0.05, 0) is 24.8 Å². The van der Waals surface area contributed by atoms with Crippen LogP contribution < -0.4 is 0 Å². The fraction of sp³-hybridized carbons (Fsp3) is 0.571. The number of ether oxygens (including phenoxy) is 2. The van der Waals surface area contributed by atoms with E-state index in [1.165, 1.54) is 0 Å². The lowest BCUT2D eigenvalue weighted by atomic mass is 10.0. The average Bonchev–Trinajstić information content (AvgIpc) is 2.88. The number of rotatable bonds is 6. The third-order valence-corrected chi connectivity index (χ3v) is 3.04. The predicted molar refractivity (Wildman–Crippen MR) is 65.6 cm³/mol. The first-order chi connectivity index (χ1) is 8.36. The van der Waals surface area contributed by atoms with Crippen LogP contribution in [0.1, 0.15) is 37.4 Å². The highest BCUT2D eigenvalue weighted by atomic mass is 16.7. The van der Waals surface area contributed by atoms with Gasteiger partial charge >= 0.3 is 0 Å². The van der Waals surface area contributed by atoms with Crippen LogP contribution in [0.2, 0.25) is 0 Å². The monoisotopic (exact) mass is 236 g/mol. The van der Waals surface area contributed by atoms with Crippen LogP contribution in [-0.4, -0.2) is 24.6 Å². The zero-order chi connectivity index (χ0) is 11.9. The Morgan fingerprint density at radius 1 is 1.12 bits per heavy atom. The van der Waals surface area contributed by atoms with Gasteiger partial charge in [-0.15, -0.1) is 0 Å². The van der Waals surface area contributed by atoms with E-state index in [-0.39, 0.29) is 12.4 Å². The molecule has 1 atom stereocenters. The van der Waals surface area contributed by atoms with E-state index < -0.39 is 0 Å². The largest absolute Gasteiger partial charge is 0.388 e. The Hall–Kier alpha value is -0.900. The Bertz CT molecular complexity index is 307. The van der Waals surface area contributed by atoms with Crippen molar-refractivity contribution in [2.24, 2.45) is 0 Å². The first-order valence-corrected chi connectivity index (χ1v) is 6.32. The summed E-state index contributed by atoms with van der Waals surface area (Å²) in [6.45, 7) is 1.44. The summed E-state index contributed by atoms with van der Waals surface area (Å²) in [5.41, 5.74) is 1.00. The second-order valence-corrected chi connectivity index (χ2v) is 4.38. The van der Waals surface area contributed by atoms with E-state index in [2.05, 4.69) is 0 Å².